The summed E-state index contributed by atoms with van der Waals surface area (Å²) in [7, 11) is 0. The number of amides is 2. The van der Waals surface area contributed by atoms with Crippen LogP contribution in [0.2, 0.25) is 0 Å². The van der Waals surface area contributed by atoms with Gasteiger partial charge in [-0.3, -0.25) is 0 Å². The maximum atomic E-state index is 11.8. The number of hydrogen-bond donors (Lipinski definition) is 4. The molecule has 2 rings (SSSR count). The maximum absolute atomic E-state index is 11.8. The number of rotatable bonds is 3. The lowest BCUT2D eigenvalue weighted by Crippen LogP contribution is -2.50. The van der Waals surface area contributed by atoms with Crippen LogP contribution in [0.25, 0.3) is 0 Å². The quantitative estimate of drug-likeness (QED) is 0.595. The van der Waals surface area contributed by atoms with E-state index in [1.807, 2.05) is 0 Å². The van der Waals surface area contributed by atoms with E-state index in [2.05, 4.69) is 21.3 Å². The Bertz CT molecular complexity index is 245. The lowest BCUT2D eigenvalue weighted by atomic mass is 10.1. The van der Waals surface area contributed by atoms with Crippen molar-refractivity contribution < 1.29 is 4.79 Å². The summed E-state index contributed by atoms with van der Waals surface area (Å²) in [5, 5.41) is 12.8. The van der Waals surface area contributed by atoms with Gasteiger partial charge in [-0.15, -0.1) is 0 Å². The first-order valence-electron chi connectivity index (χ1n) is 7.33. The molecule has 5 heteroatoms. The summed E-state index contributed by atoms with van der Waals surface area (Å²) in [6.07, 6.45) is 7.20. The van der Waals surface area contributed by atoms with E-state index in [1.54, 1.807) is 0 Å². The van der Waals surface area contributed by atoms with Crippen LogP contribution in [0.1, 0.15) is 38.5 Å². The standard InChI is InChI=1S/C13H26N4O/c18-13(16-10-11-5-2-4-8-15-11)17-12-6-1-3-7-14-9-12/h11-12,14-15H,1-10H2,(H2,16,17,18). The molecule has 4 N–H and O–H groups in total. The fraction of sp³-hybridized carbons (Fsp3) is 0.923. The smallest absolute Gasteiger partial charge is 0.315 e. The molecule has 2 atom stereocenters. The predicted octanol–water partition coefficient (Wildman–Crippen LogP) is 0.570. The Hall–Kier alpha value is -0.810. The molecule has 104 valence electrons. The number of carbonyl (C=O) groups is 1. The van der Waals surface area contributed by atoms with Gasteiger partial charge in [-0.2, -0.15) is 0 Å². The summed E-state index contributed by atoms with van der Waals surface area (Å²) < 4.78 is 0. The molecule has 2 heterocycles. The number of nitrogens with one attached hydrogen (secondary N) is 4. The van der Waals surface area contributed by atoms with Crippen LogP contribution < -0.4 is 21.3 Å². The van der Waals surface area contributed by atoms with Gasteiger partial charge in [0.15, 0.2) is 0 Å². The van der Waals surface area contributed by atoms with Gasteiger partial charge in [-0.25, -0.2) is 4.79 Å². The molecule has 0 bridgehead atoms. The minimum atomic E-state index is -0.0175. The van der Waals surface area contributed by atoms with Crippen molar-refractivity contribution in [2.24, 2.45) is 0 Å². The molecule has 0 aromatic rings. The third-order valence-electron chi connectivity index (χ3n) is 3.80. The van der Waals surface area contributed by atoms with E-state index in [0.29, 0.717) is 6.04 Å². The zero-order valence-corrected chi connectivity index (χ0v) is 11.1. The van der Waals surface area contributed by atoms with E-state index in [1.165, 1.54) is 32.1 Å². The second kappa shape index (κ2) is 7.59. The van der Waals surface area contributed by atoms with Crippen LogP contribution in [0.15, 0.2) is 0 Å². The molecule has 0 aromatic carbocycles. The highest BCUT2D eigenvalue weighted by atomic mass is 16.2. The molecular formula is C13H26N4O. The van der Waals surface area contributed by atoms with Gasteiger partial charge in [0, 0.05) is 25.2 Å². The molecule has 2 aliphatic heterocycles. The summed E-state index contributed by atoms with van der Waals surface area (Å²) in [5.74, 6) is 0. The third kappa shape index (κ3) is 4.82. The van der Waals surface area contributed by atoms with Gasteiger partial charge in [0.25, 0.3) is 0 Å². The molecule has 2 aliphatic rings. The molecule has 0 aliphatic carbocycles. The fourth-order valence-electron chi connectivity index (χ4n) is 2.69. The first-order valence-corrected chi connectivity index (χ1v) is 7.33. The average Bonchev–Trinajstić information content (AvgIpc) is 2.66. The first kappa shape index (κ1) is 13.6. The lowest BCUT2D eigenvalue weighted by Gasteiger charge is -2.24. The molecule has 0 radical (unpaired) electrons. The van der Waals surface area contributed by atoms with E-state index in [0.717, 1.165) is 32.6 Å². The predicted molar refractivity (Wildman–Crippen MR) is 72.7 cm³/mol. The molecule has 0 saturated carbocycles. The van der Waals surface area contributed by atoms with Crippen molar-refractivity contribution in [1.29, 1.82) is 0 Å². The topological polar surface area (TPSA) is 65.2 Å². The van der Waals surface area contributed by atoms with Gasteiger partial charge in [0.05, 0.1) is 0 Å². The van der Waals surface area contributed by atoms with E-state index in [9.17, 15) is 4.79 Å². The summed E-state index contributed by atoms with van der Waals surface area (Å²) in [6, 6.07) is 0.722. The normalized spacial score (nSPS) is 29.3. The Morgan fingerprint density at radius 3 is 2.78 bits per heavy atom. The summed E-state index contributed by atoms with van der Waals surface area (Å²) in [4.78, 5) is 11.8. The number of piperidine rings is 1. The van der Waals surface area contributed by atoms with Crippen molar-refractivity contribution in [2.45, 2.75) is 50.6 Å². The Morgan fingerprint density at radius 1 is 1.11 bits per heavy atom. The Labute approximate surface area is 109 Å². The van der Waals surface area contributed by atoms with Crippen LogP contribution in [0.5, 0.6) is 0 Å². The molecule has 2 amide bonds. The van der Waals surface area contributed by atoms with Crippen molar-refractivity contribution >= 4 is 6.03 Å². The van der Waals surface area contributed by atoms with Crippen LogP contribution in [0, 0.1) is 0 Å². The van der Waals surface area contributed by atoms with E-state index >= 15 is 0 Å². The Morgan fingerprint density at radius 2 is 1.94 bits per heavy atom. The van der Waals surface area contributed by atoms with Crippen LogP contribution in [0.4, 0.5) is 4.79 Å². The lowest BCUT2D eigenvalue weighted by molar-refractivity contribution is 0.233. The summed E-state index contributed by atoms with van der Waals surface area (Å²) in [5.41, 5.74) is 0. The number of carbonyl (C=O) groups excluding carboxylic acids is 1. The highest BCUT2D eigenvalue weighted by Gasteiger charge is 2.16. The summed E-state index contributed by atoms with van der Waals surface area (Å²) >= 11 is 0. The second-order valence-electron chi connectivity index (χ2n) is 5.40. The monoisotopic (exact) mass is 254 g/mol. The number of hydrogen-bond acceptors (Lipinski definition) is 3. The largest absolute Gasteiger partial charge is 0.337 e. The fourth-order valence-corrected chi connectivity index (χ4v) is 2.69. The van der Waals surface area contributed by atoms with Crippen LogP contribution in [0.3, 0.4) is 0 Å². The van der Waals surface area contributed by atoms with Gasteiger partial charge < -0.3 is 21.3 Å². The molecule has 5 nitrogen and oxygen atoms in total. The molecule has 0 spiro atoms. The average molecular weight is 254 g/mol. The molecule has 2 saturated heterocycles. The van der Waals surface area contributed by atoms with Gasteiger partial charge in [0.1, 0.15) is 0 Å². The molecular weight excluding hydrogens is 228 g/mol. The molecule has 2 fully saturated rings. The zero-order valence-electron chi connectivity index (χ0n) is 11.1. The van der Waals surface area contributed by atoms with Crippen molar-refractivity contribution in [1.82, 2.24) is 21.3 Å². The Kier molecular flexibility index (Phi) is 5.74. The van der Waals surface area contributed by atoms with E-state index in [4.69, 9.17) is 0 Å². The van der Waals surface area contributed by atoms with Gasteiger partial charge in [0.2, 0.25) is 0 Å². The zero-order chi connectivity index (χ0) is 12.6. The number of urea groups is 1. The van der Waals surface area contributed by atoms with Crippen molar-refractivity contribution in [3.63, 3.8) is 0 Å². The highest BCUT2D eigenvalue weighted by molar-refractivity contribution is 5.74. The van der Waals surface area contributed by atoms with Crippen LogP contribution in [-0.4, -0.2) is 44.3 Å². The van der Waals surface area contributed by atoms with E-state index in [-0.39, 0.29) is 12.1 Å². The van der Waals surface area contributed by atoms with Crippen molar-refractivity contribution in [3.05, 3.63) is 0 Å². The minimum absolute atomic E-state index is 0.0175. The van der Waals surface area contributed by atoms with Crippen LogP contribution >= 0.6 is 0 Å². The van der Waals surface area contributed by atoms with Crippen molar-refractivity contribution in [3.8, 4) is 0 Å². The minimum Gasteiger partial charge on any atom is -0.337 e. The summed E-state index contributed by atoms with van der Waals surface area (Å²) in [6.45, 7) is 3.80. The van der Waals surface area contributed by atoms with E-state index < -0.39 is 0 Å². The maximum Gasteiger partial charge on any atom is 0.315 e. The van der Waals surface area contributed by atoms with Gasteiger partial charge >= 0.3 is 6.03 Å². The Balaban J connectivity index is 1.61. The SMILES string of the molecule is O=C(NCC1CCCCN1)NC1CCCCNC1. The van der Waals surface area contributed by atoms with Crippen molar-refractivity contribution in [2.75, 3.05) is 26.2 Å². The third-order valence-corrected chi connectivity index (χ3v) is 3.80. The highest BCUT2D eigenvalue weighted by Crippen LogP contribution is 2.06. The molecule has 0 aromatic heterocycles. The van der Waals surface area contributed by atoms with Crippen LogP contribution in [-0.2, 0) is 0 Å². The second-order valence-corrected chi connectivity index (χ2v) is 5.40. The first-order chi connectivity index (χ1) is 8.84. The molecule has 18 heavy (non-hydrogen) atoms. The molecule has 2 unspecified atom stereocenters. The van der Waals surface area contributed by atoms with Gasteiger partial charge in [-0.05, 0) is 38.8 Å². The van der Waals surface area contributed by atoms with Gasteiger partial charge in [-0.1, -0.05) is 12.8 Å².